The monoisotopic (exact) mass is 314 g/mol. The fourth-order valence-corrected chi connectivity index (χ4v) is 1.97. The van der Waals surface area contributed by atoms with Crippen molar-refractivity contribution in [3.63, 3.8) is 0 Å². The summed E-state index contributed by atoms with van der Waals surface area (Å²) in [4.78, 5) is 15.4. The maximum atomic E-state index is 13.4. The highest BCUT2D eigenvalue weighted by Crippen LogP contribution is 2.25. The average molecular weight is 314 g/mol. The number of hydrogen-bond acceptors (Lipinski definition) is 2. The summed E-state index contributed by atoms with van der Waals surface area (Å²) < 4.78 is 39.1. The number of carbonyl (C=O) groups excluding carboxylic acids is 1. The molecule has 0 aliphatic heterocycles. The molecule has 0 saturated heterocycles. The second-order valence-corrected chi connectivity index (χ2v) is 5.15. The molecule has 4 N–H and O–H groups in total. The van der Waals surface area contributed by atoms with E-state index in [1.807, 2.05) is 0 Å². The molecule has 0 spiro atoms. The highest BCUT2D eigenvalue weighted by molar-refractivity contribution is 5.94. The Bertz CT molecular complexity index is 588. The summed E-state index contributed by atoms with van der Waals surface area (Å²) in [5, 5.41) is 5.01. The van der Waals surface area contributed by atoms with Crippen LogP contribution in [0.15, 0.2) is 17.1 Å². The number of benzene rings is 1. The van der Waals surface area contributed by atoms with Gasteiger partial charge in [0.2, 0.25) is 5.91 Å². The van der Waals surface area contributed by atoms with Crippen molar-refractivity contribution >= 4 is 17.6 Å². The third-order valence-electron chi connectivity index (χ3n) is 3.50. The first-order valence-electron chi connectivity index (χ1n) is 6.94. The molecule has 2 rings (SSSR count). The number of guanidine groups is 1. The van der Waals surface area contributed by atoms with Gasteiger partial charge in [-0.2, -0.15) is 0 Å². The van der Waals surface area contributed by atoms with Crippen LogP contribution in [0.25, 0.3) is 0 Å². The van der Waals surface area contributed by atoms with Crippen LogP contribution < -0.4 is 16.4 Å². The molecule has 22 heavy (non-hydrogen) atoms. The molecule has 1 aromatic rings. The standard InChI is InChI=1S/C14H17F3N4O/c15-9-4-5-10(13(17)12(9)16)21-11(22)7-20-14(18)19-6-8-2-1-3-8/h4-5,8H,1-3,6-7H2,(H,21,22)(H3,18,19,20). The zero-order valence-electron chi connectivity index (χ0n) is 11.8. The molecule has 0 atom stereocenters. The van der Waals surface area contributed by atoms with Crippen LogP contribution in [0.4, 0.5) is 18.9 Å². The van der Waals surface area contributed by atoms with E-state index in [2.05, 4.69) is 15.6 Å². The molecule has 1 amide bonds. The fourth-order valence-electron chi connectivity index (χ4n) is 1.97. The molecule has 1 aromatic carbocycles. The molecule has 1 aliphatic rings. The Morgan fingerprint density at radius 2 is 2.00 bits per heavy atom. The molecule has 1 fully saturated rings. The van der Waals surface area contributed by atoms with Crippen molar-refractivity contribution in [2.45, 2.75) is 19.3 Å². The number of carbonyl (C=O) groups is 1. The van der Waals surface area contributed by atoms with Gasteiger partial charge in [0.15, 0.2) is 23.4 Å². The lowest BCUT2D eigenvalue weighted by Crippen LogP contribution is -2.37. The van der Waals surface area contributed by atoms with Crippen LogP contribution in [0.2, 0.25) is 0 Å². The number of rotatable bonds is 5. The zero-order chi connectivity index (χ0) is 16.1. The van der Waals surface area contributed by atoms with E-state index in [0.717, 1.165) is 25.0 Å². The van der Waals surface area contributed by atoms with Gasteiger partial charge in [-0.25, -0.2) is 18.2 Å². The quantitative estimate of drug-likeness (QED) is 0.440. The number of amides is 1. The predicted octanol–water partition coefficient (Wildman–Crippen LogP) is 1.75. The predicted molar refractivity (Wildman–Crippen MR) is 76.8 cm³/mol. The van der Waals surface area contributed by atoms with E-state index in [4.69, 9.17) is 5.73 Å². The summed E-state index contributed by atoms with van der Waals surface area (Å²) in [6, 6.07) is 1.67. The van der Waals surface area contributed by atoms with Crippen LogP contribution >= 0.6 is 0 Å². The number of nitrogens with one attached hydrogen (secondary N) is 2. The van der Waals surface area contributed by atoms with Crippen LogP contribution in [-0.4, -0.2) is 25.0 Å². The largest absolute Gasteiger partial charge is 0.370 e. The molecule has 8 heteroatoms. The van der Waals surface area contributed by atoms with Gasteiger partial charge in [0.25, 0.3) is 0 Å². The number of halogens is 3. The Labute approximate surface area is 125 Å². The summed E-state index contributed by atoms with van der Waals surface area (Å²) in [5.74, 6) is -4.39. The van der Waals surface area contributed by atoms with E-state index in [9.17, 15) is 18.0 Å². The summed E-state index contributed by atoms with van der Waals surface area (Å²) in [6.45, 7) is 0.358. The highest BCUT2D eigenvalue weighted by atomic mass is 19.2. The molecule has 0 aromatic heterocycles. The minimum Gasteiger partial charge on any atom is -0.370 e. The number of aliphatic imine (C=N–C) groups is 1. The normalized spacial score (nSPS) is 15.3. The molecule has 0 unspecified atom stereocenters. The topological polar surface area (TPSA) is 79.5 Å². The van der Waals surface area contributed by atoms with Gasteiger partial charge in [0, 0.05) is 6.54 Å². The van der Waals surface area contributed by atoms with Gasteiger partial charge >= 0.3 is 0 Å². The second-order valence-electron chi connectivity index (χ2n) is 5.15. The molecule has 1 aliphatic carbocycles. The Hall–Kier alpha value is -2.25. The summed E-state index contributed by atoms with van der Waals surface area (Å²) in [7, 11) is 0. The van der Waals surface area contributed by atoms with Crippen LogP contribution in [0.1, 0.15) is 19.3 Å². The van der Waals surface area contributed by atoms with Crippen molar-refractivity contribution in [2.75, 3.05) is 18.4 Å². The zero-order valence-corrected chi connectivity index (χ0v) is 11.8. The number of nitrogens with zero attached hydrogens (tertiary/aromatic N) is 1. The maximum absolute atomic E-state index is 13.4. The first-order valence-corrected chi connectivity index (χ1v) is 6.94. The van der Waals surface area contributed by atoms with Crippen molar-refractivity contribution < 1.29 is 18.0 Å². The minimum absolute atomic E-state index is 0.118. The van der Waals surface area contributed by atoms with Crippen LogP contribution in [0.3, 0.4) is 0 Å². The Balaban J connectivity index is 1.83. The molecule has 0 bridgehead atoms. The van der Waals surface area contributed by atoms with Crippen LogP contribution in [0.5, 0.6) is 0 Å². The Morgan fingerprint density at radius 3 is 2.64 bits per heavy atom. The van der Waals surface area contributed by atoms with Crippen molar-refractivity contribution in [3.8, 4) is 0 Å². The molecule has 0 radical (unpaired) electrons. The second kappa shape index (κ2) is 7.15. The van der Waals surface area contributed by atoms with E-state index < -0.39 is 29.0 Å². The van der Waals surface area contributed by atoms with Crippen molar-refractivity contribution in [1.29, 1.82) is 0 Å². The van der Waals surface area contributed by atoms with Gasteiger partial charge < -0.3 is 16.4 Å². The van der Waals surface area contributed by atoms with Crippen molar-refractivity contribution in [1.82, 2.24) is 5.32 Å². The Morgan fingerprint density at radius 1 is 1.27 bits per heavy atom. The minimum atomic E-state index is -1.64. The molecule has 0 heterocycles. The first kappa shape index (κ1) is 16.1. The van der Waals surface area contributed by atoms with Gasteiger partial charge in [0.05, 0.1) is 5.69 Å². The molecule has 1 saturated carbocycles. The van der Waals surface area contributed by atoms with Gasteiger partial charge in [0.1, 0.15) is 6.54 Å². The van der Waals surface area contributed by atoms with E-state index in [1.165, 1.54) is 6.42 Å². The summed E-state index contributed by atoms with van der Waals surface area (Å²) in [6.07, 6.45) is 3.51. The van der Waals surface area contributed by atoms with Crippen molar-refractivity contribution in [2.24, 2.45) is 16.6 Å². The third kappa shape index (κ3) is 4.12. The van der Waals surface area contributed by atoms with Gasteiger partial charge in [-0.3, -0.25) is 4.79 Å². The number of nitrogens with two attached hydrogens (primary N) is 1. The summed E-state index contributed by atoms with van der Waals surface area (Å²) >= 11 is 0. The molecular weight excluding hydrogens is 297 g/mol. The average Bonchev–Trinajstić information content (AvgIpc) is 2.44. The lowest BCUT2D eigenvalue weighted by Gasteiger charge is -2.25. The molecule has 120 valence electrons. The Kier molecular flexibility index (Phi) is 5.24. The van der Waals surface area contributed by atoms with Gasteiger partial charge in [-0.1, -0.05) is 6.42 Å². The van der Waals surface area contributed by atoms with E-state index >= 15 is 0 Å². The lowest BCUT2D eigenvalue weighted by molar-refractivity contribution is -0.114. The lowest BCUT2D eigenvalue weighted by atomic mass is 9.85. The van der Waals surface area contributed by atoms with Crippen LogP contribution in [-0.2, 0) is 4.79 Å². The SMILES string of the molecule is NC(=NCC(=O)Nc1ccc(F)c(F)c1F)NCC1CCC1. The summed E-state index contributed by atoms with van der Waals surface area (Å²) in [5.41, 5.74) is 5.15. The highest BCUT2D eigenvalue weighted by Gasteiger charge is 2.17. The number of anilines is 1. The van der Waals surface area contributed by atoms with Gasteiger partial charge in [-0.05, 0) is 30.9 Å². The first-order chi connectivity index (χ1) is 10.5. The molecule has 5 nitrogen and oxygen atoms in total. The fraction of sp³-hybridized carbons (Fsp3) is 0.429. The van der Waals surface area contributed by atoms with E-state index in [-0.39, 0.29) is 12.5 Å². The van der Waals surface area contributed by atoms with Gasteiger partial charge in [-0.15, -0.1) is 0 Å². The maximum Gasteiger partial charge on any atom is 0.246 e. The smallest absolute Gasteiger partial charge is 0.246 e. The van der Waals surface area contributed by atoms with E-state index in [0.29, 0.717) is 12.5 Å². The van der Waals surface area contributed by atoms with E-state index in [1.54, 1.807) is 0 Å². The van der Waals surface area contributed by atoms with Crippen molar-refractivity contribution in [3.05, 3.63) is 29.6 Å². The van der Waals surface area contributed by atoms with Crippen LogP contribution in [0, 0.1) is 23.4 Å². The number of hydrogen-bond donors (Lipinski definition) is 3. The molecular formula is C14H17F3N4O. The third-order valence-corrected chi connectivity index (χ3v) is 3.50.